The summed E-state index contributed by atoms with van der Waals surface area (Å²) in [5.74, 6) is 0.781. The topological polar surface area (TPSA) is 29.1 Å². The molecule has 2 heteroatoms. The van der Waals surface area contributed by atoms with Gasteiger partial charge in [0.2, 0.25) is 0 Å². The summed E-state index contributed by atoms with van der Waals surface area (Å²) in [5.41, 5.74) is 0. The lowest BCUT2D eigenvalue weighted by molar-refractivity contribution is -0.123. The van der Waals surface area contributed by atoms with Crippen LogP contribution in [0.2, 0.25) is 0 Å². The zero-order chi connectivity index (χ0) is 8.10. The Kier molecular flexibility index (Phi) is 3.57. The molecule has 1 atom stereocenters. The summed E-state index contributed by atoms with van der Waals surface area (Å²) in [6, 6.07) is 0. The number of carbonyl (C=O) groups is 1. The van der Waals surface area contributed by atoms with E-state index in [1.165, 1.54) is 6.42 Å². The predicted molar refractivity (Wildman–Crippen MR) is 45.5 cm³/mol. The Balaban J connectivity index is 2.27. The fourth-order valence-corrected chi connectivity index (χ4v) is 1.58. The van der Waals surface area contributed by atoms with Crippen LogP contribution in [0.4, 0.5) is 0 Å². The molecule has 64 valence electrons. The molecule has 1 N–H and O–H groups in total. The van der Waals surface area contributed by atoms with Gasteiger partial charge in [-0.2, -0.15) is 0 Å². The van der Waals surface area contributed by atoms with Crippen LogP contribution in [0.5, 0.6) is 0 Å². The minimum absolute atomic E-state index is 0.323. The van der Waals surface area contributed by atoms with Crippen LogP contribution in [0.15, 0.2) is 0 Å². The third-order valence-electron chi connectivity index (χ3n) is 2.25. The third-order valence-corrected chi connectivity index (χ3v) is 2.25. The molecule has 0 bridgehead atoms. The molecule has 1 aliphatic rings. The number of hydrogen-bond donors (Lipinski definition) is 1. The zero-order valence-electron chi connectivity index (χ0n) is 7.23. The Hall–Kier alpha value is -0.370. The van der Waals surface area contributed by atoms with Crippen molar-refractivity contribution in [2.45, 2.75) is 32.6 Å². The van der Waals surface area contributed by atoms with E-state index in [2.05, 4.69) is 12.2 Å². The van der Waals surface area contributed by atoms with Crippen LogP contribution in [-0.4, -0.2) is 18.9 Å². The number of ketones is 1. The van der Waals surface area contributed by atoms with Crippen LogP contribution in [0, 0.1) is 5.92 Å². The molecule has 1 heterocycles. The molecule has 2 nitrogen and oxygen atoms in total. The van der Waals surface area contributed by atoms with E-state index in [1.807, 2.05) is 0 Å². The molecule has 0 aliphatic carbocycles. The maximum absolute atomic E-state index is 11.4. The van der Waals surface area contributed by atoms with Gasteiger partial charge in [-0.25, -0.2) is 0 Å². The molecule has 0 saturated carbocycles. The number of Topliss-reactive ketones (excluding diaryl/α,β-unsaturated/α-hetero) is 1. The van der Waals surface area contributed by atoms with Gasteiger partial charge in [-0.05, 0) is 25.8 Å². The molecule has 0 spiro atoms. The fourth-order valence-electron chi connectivity index (χ4n) is 1.58. The third kappa shape index (κ3) is 2.62. The van der Waals surface area contributed by atoms with Crippen molar-refractivity contribution in [1.29, 1.82) is 0 Å². The highest BCUT2D eigenvalue weighted by Crippen LogP contribution is 2.13. The van der Waals surface area contributed by atoms with Gasteiger partial charge in [0.25, 0.3) is 0 Å². The van der Waals surface area contributed by atoms with Crippen LogP contribution in [0.3, 0.4) is 0 Å². The number of piperidine rings is 1. The molecule has 0 radical (unpaired) electrons. The van der Waals surface area contributed by atoms with E-state index < -0.39 is 0 Å². The van der Waals surface area contributed by atoms with Crippen molar-refractivity contribution in [3.63, 3.8) is 0 Å². The molecule has 0 aromatic rings. The normalized spacial score (nSPS) is 25.0. The summed E-state index contributed by atoms with van der Waals surface area (Å²) in [7, 11) is 0. The molecule has 0 unspecified atom stereocenters. The predicted octanol–water partition coefficient (Wildman–Crippen LogP) is 1.36. The molecule has 1 rings (SSSR count). The SMILES string of the molecule is CCCC(=O)[C@H]1CCCNC1. The monoisotopic (exact) mass is 155 g/mol. The van der Waals surface area contributed by atoms with Gasteiger partial charge in [-0.3, -0.25) is 4.79 Å². The maximum atomic E-state index is 11.4. The highest BCUT2D eigenvalue weighted by atomic mass is 16.1. The van der Waals surface area contributed by atoms with Gasteiger partial charge in [0.1, 0.15) is 5.78 Å². The van der Waals surface area contributed by atoms with E-state index >= 15 is 0 Å². The molecule has 0 amide bonds. The summed E-state index contributed by atoms with van der Waals surface area (Å²) in [6.07, 6.45) is 4.04. The van der Waals surface area contributed by atoms with Crippen molar-refractivity contribution in [3.8, 4) is 0 Å². The minimum atomic E-state index is 0.323. The molecule has 1 aliphatic heterocycles. The van der Waals surface area contributed by atoms with Crippen LogP contribution in [-0.2, 0) is 4.79 Å². The summed E-state index contributed by atoms with van der Waals surface area (Å²) in [5, 5.41) is 3.25. The average Bonchev–Trinajstić information content (AvgIpc) is 2.07. The van der Waals surface area contributed by atoms with Crippen LogP contribution in [0.25, 0.3) is 0 Å². The summed E-state index contributed by atoms with van der Waals surface area (Å²) in [4.78, 5) is 11.4. The molecule has 0 aromatic heterocycles. The summed E-state index contributed by atoms with van der Waals surface area (Å²) in [6.45, 7) is 4.07. The van der Waals surface area contributed by atoms with Crippen molar-refractivity contribution in [2.24, 2.45) is 5.92 Å². The highest BCUT2D eigenvalue weighted by molar-refractivity contribution is 5.81. The van der Waals surface area contributed by atoms with E-state index in [4.69, 9.17) is 0 Å². The van der Waals surface area contributed by atoms with Crippen LogP contribution >= 0.6 is 0 Å². The van der Waals surface area contributed by atoms with E-state index in [1.54, 1.807) is 0 Å². The zero-order valence-corrected chi connectivity index (χ0v) is 7.23. The van der Waals surface area contributed by atoms with Crippen molar-refractivity contribution in [1.82, 2.24) is 5.32 Å². The van der Waals surface area contributed by atoms with Gasteiger partial charge >= 0.3 is 0 Å². The second kappa shape index (κ2) is 4.50. The average molecular weight is 155 g/mol. The largest absolute Gasteiger partial charge is 0.316 e. The lowest BCUT2D eigenvalue weighted by atomic mass is 9.93. The second-order valence-corrected chi connectivity index (χ2v) is 3.26. The number of nitrogens with one attached hydrogen (secondary N) is 1. The van der Waals surface area contributed by atoms with E-state index in [0.29, 0.717) is 11.7 Å². The van der Waals surface area contributed by atoms with Gasteiger partial charge in [0.15, 0.2) is 0 Å². The maximum Gasteiger partial charge on any atom is 0.137 e. The van der Waals surface area contributed by atoms with E-state index in [9.17, 15) is 4.79 Å². The first-order chi connectivity index (χ1) is 5.34. The first-order valence-corrected chi connectivity index (χ1v) is 4.58. The van der Waals surface area contributed by atoms with Gasteiger partial charge in [-0.15, -0.1) is 0 Å². The van der Waals surface area contributed by atoms with Crippen LogP contribution in [0.1, 0.15) is 32.6 Å². The number of rotatable bonds is 3. The molecule has 1 saturated heterocycles. The first kappa shape index (κ1) is 8.72. The van der Waals surface area contributed by atoms with Crippen molar-refractivity contribution in [3.05, 3.63) is 0 Å². The highest BCUT2D eigenvalue weighted by Gasteiger charge is 2.19. The van der Waals surface area contributed by atoms with Crippen molar-refractivity contribution in [2.75, 3.05) is 13.1 Å². The van der Waals surface area contributed by atoms with Crippen LogP contribution < -0.4 is 5.32 Å². The minimum Gasteiger partial charge on any atom is -0.316 e. The Labute approximate surface area is 68.4 Å². The lowest BCUT2D eigenvalue weighted by Gasteiger charge is -2.21. The quantitative estimate of drug-likeness (QED) is 0.666. The van der Waals surface area contributed by atoms with Gasteiger partial charge in [0.05, 0.1) is 0 Å². The van der Waals surface area contributed by atoms with Gasteiger partial charge in [-0.1, -0.05) is 6.92 Å². The molecule has 11 heavy (non-hydrogen) atoms. The number of hydrogen-bond acceptors (Lipinski definition) is 2. The summed E-state index contributed by atoms with van der Waals surface area (Å²) >= 11 is 0. The second-order valence-electron chi connectivity index (χ2n) is 3.26. The Bertz CT molecular complexity index is 128. The molecule has 1 fully saturated rings. The van der Waals surface area contributed by atoms with E-state index in [-0.39, 0.29) is 0 Å². The molecular formula is C9H17NO. The van der Waals surface area contributed by atoms with Crippen molar-refractivity contribution >= 4 is 5.78 Å². The number of carbonyl (C=O) groups excluding carboxylic acids is 1. The Morgan fingerprint density at radius 1 is 1.64 bits per heavy atom. The van der Waals surface area contributed by atoms with Crippen molar-refractivity contribution < 1.29 is 4.79 Å². The lowest BCUT2D eigenvalue weighted by Crippen LogP contribution is -2.34. The Morgan fingerprint density at radius 3 is 3.00 bits per heavy atom. The summed E-state index contributed by atoms with van der Waals surface area (Å²) < 4.78 is 0. The van der Waals surface area contributed by atoms with E-state index in [0.717, 1.165) is 32.4 Å². The molecule has 0 aromatic carbocycles. The fraction of sp³-hybridized carbons (Fsp3) is 0.889. The first-order valence-electron chi connectivity index (χ1n) is 4.58. The standard InChI is InChI=1S/C9H17NO/c1-2-4-9(11)8-5-3-6-10-7-8/h8,10H,2-7H2,1H3/t8-/m0/s1. The van der Waals surface area contributed by atoms with Gasteiger partial charge < -0.3 is 5.32 Å². The smallest absolute Gasteiger partial charge is 0.137 e. The van der Waals surface area contributed by atoms with Gasteiger partial charge in [0, 0.05) is 18.9 Å². The Morgan fingerprint density at radius 2 is 2.45 bits per heavy atom. The molecular weight excluding hydrogens is 138 g/mol.